The summed E-state index contributed by atoms with van der Waals surface area (Å²) in [5, 5.41) is 0. The third-order valence-electron chi connectivity index (χ3n) is 4.18. The molecule has 0 saturated heterocycles. The molecule has 0 spiro atoms. The van der Waals surface area contributed by atoms with E-state index < -0.39 is 11.7 Å². The van der Waals surface area contributed by atoms with Crippen molar-refractivity contribution in [3.05, 3.63) is 70.8 Å². The minimum atomic E-state index is -4.28. The van der Waals surface area contributed by atoms with Gasteiger partial charge in [0.25, 0.3) is 0 Å². The third-order valence-corrected chi connectivity index (χ3v) is 4.18. The highest BCUT2D eigenvalue weighted by Gasteiger charge is 2.31. The molecule has 21 heavy (non-hydrogen) atoms. The standard InChI is InChI=1S/C17H16F3N/c18-17(19,20)14-7-5-11(6-8-14)9-13-10-12-3-1-2-4-15(12)16(13)21/h1-8,13,16H,9-10,21H2. The Morgan fingerprint density at radius 3 is 2.29 bits per heavy atom. The molecule has 0 radical (unpaired) electrons. The summed E-state index contributed by atoms with van der Waals surface area (Å²) >= 11 is 0. The van der Waals surface area contributed by atoms with E-state index in [2.05, 4.69) is 6.07 Å². The second-order valence-electron chi connectivity index (χ2n) is 5.59. The van der Waals surface area contributed by atoms with Gasteiger partial charge in [-0.15, -0.1) is 0 Å². The van der Waals surface area contributed by atoms with Gasteiger partial charge in [-0.1, -0.05) is 36.4 Å². The summed E-state index contributed by atoms with van der Waals surface area (Å²) in [4.78, 5) is 0. The molecule has 2 aromatic rings. The van der Waals surface area contributed by atoms with Crippen LogP contribution in [-0.2, 0) is 19.0 Å². The highest BCUT2D eigenvalue weighted by molar-refractivity contribution is 5.36. The molecular weight excluding hydrogens is 275 g/mol. The van der Waals surface area contributed by atoms with Crippen LogP contribution in [0.4, 0.5) is 13.2 Å². The summed E-state index contributed by atoms with van der Waals surface area (Å²) in [6.07, 6.45) is -2.69. The lowest BCUT2D eigenvalue weighted by Crippen LogP contribution is -2.19. The van der Waals surface area contributed by atoms with E-state index in [1.54, 1.807) is 12.1 Å². The first-order valence-corrected chi connectivity index (χ1v) is 6.94. The van der Waals surface area contributed by atoms with Crippen LogP contribution in [0.25, 0.3) is 0 Å². The van der Waals surface area contributed by atoms with Gasteiger partial charge in [0.05, 0.1) is 5.56 Å². The van der Waals surface area contributed by atoms with E-state index in [1.165, 1.54) is 5.56 Å². The lowest BCUT2D eigenvalue weighted by Gasteiger charge is -2.16. The third kappa shape index (κ3) is 2.81. The molecule has 3 rings (SSSR count). The Hall–Kier alpha value is -1.81. The average Bonchev–Trinajstić information content (AvgIpc) is 2.76. The molecule has 0 saturated carbocycles. The lowest BCUT2D eigenvalue weighted by molar-refractivity contribution is -0.137. The molecule has 0 fully saturated rings. The predicted molar refractivity (Wildman–Crippen MR) is 75.7 cm³/mol. The maximum Gasteiger partial charge on any atom is 0.416 e. The van der Waals surface area contributed by atoms with Gasteiger partial charge in [-0.05, 0) is 47.6 Å². The SMILES string of the molecule is NC1c2ccccc2CC1Cc1ccc(C(F)(F)F)cc1. The van der Waals surface area contributed by atoms with Gasteiger partial charge in [0, 0.05) is 6.04 Å². The number of benzene rings is 2. The fraction of sp³-hybridized carbons (Fsp3) is 0.294. The van der Waals surface area contributed by atoms with E-state index in [0.29, 0.717) is 6.42 Å². The van der Waals surface area contributed by atoms with Crippen LogP contribution in [0.15, 0.2) is 48.5 Å². The number of rotatable bonds is 2. The smallest absolute Gasteiger partial charge is 0.324 e. The van der Waals surface area contributed by atoms with Crippen LogP contribution >= 0.6 is 0 Å². The summed E-state index contributed by atoms with van der Waals surface area (Å²) in [6.45, 7) is 0. The molecule has 1 aliphatic carbocycles. The molecule has 0 aliphatic heterocycles. The van der Waals surface area contributed by atoms with Gasteiger partial charge in [0.1, 0.15) is 0 Å². The summed E-state index contributed by atoms with van der Waals surface area (Å²) in [7, 11) is 0. The predicted octanol–water partition coefficient (Wildman–Crippen LogP) is 4.12. The summed E-state index contributed by atoms with van der Waals surface area (Å²) in [5.41, 5.74) is 8.96. The van der Waals surface area contributed by atoms with E-state index in [0.717, 1.165) is 29.7 Å². The zero-order valence-electron chi connectivity index (χ0n) is 11.4. The van der Waals surface area contributed by atoms with Crippen molar-refractivity contribution in [3.63, 3.8) is 0 Å². The van der Waals surface area contributed by atoms with Crippen molar-refractivity contribution in [2.45, 2.75) is 25.1 Å². The molecule has 2 unspecified atom stereocenters. The molecule has 0 amide bonds. The van der Waals surface area contributed by atoms with E-state index in [9.17, 15) is 13.2 Å². The van der Waals surface area contributed by atoms with Crippen molar-refractivity contribution in [1.82, 2.24) is 0 Å². The Kier molecular flexibility index (Phi) is 3.49. The second-order valence-corrected chi connectivity index (χ2v) is 5.59. The van der Waals surface area contributed by atoms with Crippen molar-refractivity contribution < 1.29 is 13.2 Å². The minimum absolute atomic E-state index is 0.0384. The highest BCUT2D eigenvalue weighted by atomic mass is 19.4. The fourth-order valence-electron chi connectivity index (χ4n) is 3.04. The molecule has 0 heterocycles. The molecule has 2 aromatic carbocycles. The van der Waals surface area contributed by atoms with Crippen LogP contribution in [0.2, 0.25) is 0 Å². The van der Waals surface area contributed by atoms with E-state index in [1.807, 2.05) is 18.2 Å². The Morgan fingerprint density at radius 1 is 1.00 bits per heavy atom. The molecule has 1 nitrogen and oxygen atoms in total. The average molecular weight is 291 g/mol. The van der Waals surface area contributed by atoms with Crippen molar-refractivity contribution in [2.24, 2.45) is 11.7 Å². The lowest BCUT2D eigenvalue weighted by atomic mass is 9.93. The van der Waals surface area contributed by atoms with Gasteiger partial charge in [-0.2, -0.15) is 13.2 Å². The van der Waals surface area contributed by atoms with E-state index >= 15 is 0 Å². The van der Waals surface area contributed by atoms with Gasteiger partial charge < -0.3 is 5.73 Å². The van der Waals surface area contributed by atoms with Crippen LogP contribution in [-0.4, -0.2) is 0 Å². The Balaban J connectivity index is 1.74. The van der Waals surface area contributed by atoms with Gasteiger partial charge >= 0.3 is 6.18 Å². The molecule has 0 aromatic heterocycles. The van der Waals surface area contributed by atoms with Crippen LogP contribution in [0.1, 0.15) is 28.3 Å². The number of nitrogens with two attached hydrogens (primary N) is 1. The number of hydrogen-bond donors (Lipinski definition) is 1. The molecule has 2 atom stereocenters. The largest absolute Gasteiger partial charge is 0.416 e. The Bertz CT molecular complexity index is 631. The van der Waals surface area contributed by atoms with Gasteiger partial charge in [0.2, 0.25) is 0 Å². The maximum absolute atomic E-state index is 12.5. The molecule has 110 valence electrons. The van der Waals surface area contributed by atoms with Gasteiger partial charge in [-0.3, -0.25) is 0 Å². The number of halogens is 3. The van der Waals surface area contributed by atoms with Gasteiger partial charge in [-0.25, -0.2) is 0 Å². The second kappa shape index (κ2) is 5.19. The first-order valence-electron chi connectivity index (χ1n) is 6.94. The normalized spacial score (nSPS) is 21.3. The maximum atomic E-state index is 12.5. The van der Waals surface area contributed by atoms with E-state index in [4.69, 9.17) is 5.73 Å². The number of hydrogen-bond acceptors (Lipinski definition) is 1. The zero-order valence-corrected chi connectivity index (χ0v) is 11.4. The van der Waals surface area contributed by atoms with Crippen LogP contribution in [0.5, 0.6) is 0 Å². The molecule has 1 aliphatic rings. The van der Waals surface area contributed by atoms with Crippen molar-refractivity contribution >= 4 is 0 Å². The van der Waals surface area contributed by atoms with Gasteiger partial charge in [0.15, 0.2) is 0 Å². The highest BCUT2D eigenvalue weighted by Crippen LogP contribution is 2.36. The molecule has 4 heteroatoms. The van der Waals surface area contributed by atoms with Crippen LogP contribution in [0, 0.1) is 5.92 Å². The van der Waals surface area contributed by atoms with Crippen LogP contribution < -0.4 is 5.73 Å². The van der Waals surface area contributed by atoms with Crippen LogP contribution in [0.3, 0.4) is 0 Å². The quantitative estimate of drug-likeness (QED) is 0.885. The van der Waals surface area contributed by atoms with Crippen molar-refractivity contribution in [2.75, 3.05) is 0 Å². The molecule has 2 N–H and O–H groups in total. The fourth-order valence-corrected chi connectivity index (χ4v) is 3.04. The number of alkyl halides is 3. The summed E-state index contributed by atoms with van der Waals surface area (Å²) in [6, 6.07) is 13.4. The summed E-state index contributed by atoms with van der Waals surface area (Å²) in [5.74, 6) is 0.249. The molecular formula is C17H16F3N. The minimum Gasteiger partial charge on any atom is -0.324 e. The Morgan fingerprint density at radius 2 is 1.67 bits per heavy atom. The number of fused-ring (bicyclic) bond motifs is 1. The topological polar surface area (TPSA) is 26.0 Å². The summed E-state index contributed by atoms with van der Waals surface area (Å²) < 4.78 is 37.6. The first-order chi connectivity index (χ1) is 9.95. The monoisotopic (exact) mass is 291 g/mol. The van der Waals surface area contributed by atoms with Crippen molar-refractivity contribution in [3.8, 4) is 0 Å². The molecule has 0 bridgehead atoms. The van der Waals surface area contributed by atoms with E-state index in [-0.39, 0.29) is 12.0 Å². The van der Waals surface area contributed by atoms with Crippen molar-refractivity contribution in [1.29, 1.82) is 0 Å². The zero-order chi connectivity index (χ0) is 15.0. The first kappa shape index (κ1) is 14.1. The Labute approximate surface area is 121 Å².